The van der Waals surface area contributed by atoms with E-state index in [4.69, 9.17) is 13.3 Å². The number of carbonyl (C=O) groups is 2. The van der Waals surface area contributed by atoms with Gasteiger partial charge in [0, 0.05) is 45.3 Å². The van der Waals surface area contributed by atoms with Crippen LogP contribution in [0.5, 0.6) is 0 Å². The molecule has 0 aliphatic carbocycles. The Morgan fingerprint density at radius 3 is 2.05 bits per heavy atom. The number of rotatable bonds is 7. The largest absolute Gasteiger partial charge is 0.500 e. The third-order valence-electron chi connectivity index (χ3n) is 3.88. The Labute approximate surface area is 128 Å². The fourth-order valence-electron chi connectivity index (χ4n) is 2.75. The van der Waals surface area contributed by atoms with Crippen LogP contribution in [-0.2, 0) is 22.9 Å². The van der Waals surface area contributed by atoms with Crippen molar-refractivity contribution in [3.05, 3.63) is 0 Å². The third kappa shape index (κ3) is 4.12. The summed E-state index contributed by atoms with van der Waals surface area (Å²) in [5.41, 5.74) is -0.451. The van der Waals surface area contributed by atoms with Gasteiger partial charge in [-0.25, -0.2) is 0 Å². The van der Waals surface area contributed by atoms with Crippen molar-refractivity contribution in [1.82, 2.24) is 4.90 Å². The summed E-state index contributed by atoms with van der Waals surface area (Å²) >= 11 is 0. The molecule has 1 saturated heterocycles. The quantitative estimate of drug-likeness (QED) is 0.529. The molecule has 0 bridgehead atoms. The van der Waals surface area contributed by atoms with Gasteiger partial charge in [0.2, 0.25) is 11.8 Å². The van der Waals surface area contributed by atoms with Crippen molar-refractivity contribution >= 4 is 20.6 Å². The predicted molar refractivity (Wildman–Crippen MR) is 80.5 cm³/mol. The van der Waals surface area contributed by atoms with Crippen LogP contribution in [0.1, 0.15) is 40.0 Å². The van der Waals surface area contributed by atoms with Crippen molar-refractivity contribution in [2.24, 2.45) is 5.92 Å². The molecule has 1 atom stereocenters. The standard InChI is InChI=1S/C14H27NO5Si/c1-14(2,3)15-12(16)10-11(13(15)17)8-7-9-21(18-4,19-5)20-6/h11H,7-10H2,1-6H3. The van der Waals surface area contributed by atoms with Crippen LogP contribution < -0.4 is 0 Å². The fraction of sp³-hybridized carbons (Fsp3) is 0.857. The summed E-state index contributed by atoms with van der Waals surface area (Å²) in [6.07, 6.45) is 1.70. The Balaban J connectivity index is 2.58. The highest BCUT2D eigenvalue weighted by atomic mass is 28.4. The molecule has 1 heterocycles. The second-order valence-electron chi connectivity index (χ2n) is 6.33. The first-order valence-corrected chi connectivity index (χ1v) is 9.16. The molecule has 122 valence electrons. The Morgan fingerprint density at radius 2 is 1.67 bits per heavy atom. The van der Waals surface area contributed by atoms with E-state index in [0.29, 0.717) is 18.9 Å². The Hall–Kier alpha value is -0.763. The summed E-state index contributed by atoms with van der Waals surface area (Å²) in [6, 6.07) is 0.643. The number of likely N-dealkylation sites (tertiary alicyclic amines) is 1. The summed E-state index contributed by atoms with van der Waals surface area (Å²) in [7, 11) is 2.13. The molecule has 21 heavy (non-hydrogen) atoms. The highest BCUT2D eigenvalue weighted by molar-refractivity contribution is 6.60. The van der Waals surface area contributed by atoms with Gasteiger partial charge in [-0.2, -0.15) is 0 Å². The van der Waals surface area contributed by atoms with Crippen LogP contribution >= 0.6 is 0 Å². The van der Waals surface area contributed by atoms with Gasteiger partial charge < -0.3 is 13.3 Å². The minimum absolute atomic E-state index is 0.0629. The number of nitrogens with zero attached hydrogens (tertiary/aromatic N) is 1. The zero-order valence-electron chi connectivity index (χ0n) is 13.9. The minimum Gasteiger partial charge on any atom is -0.377 e. The number of hydrogen-bond acceptors (Lipinski definition) is 5. The van der Waals surface area contributed by atoms with Crippen LogP contribution in [0.4, 0.5) is 0 Å². The van der Waals surface area contributed by atoms with Gasteiger partial charge in [0.05, 0.1) is 0 Å². The maximum atomic E-state index is 12.3. The van der Waals surface area contributed by atoms with E-state index < -0.39 is 14.3 Å². The molecule has 0 aromatic carbocycles. The average Bonchev–Trinajstić information content (AvgIpc) is 2.70. The highest BCUT2D eigenvalue weighted by Crippen LogP contribution is 2.31. The van der Waals surface area contributed by atoms with Crippen LogP contribution in [0.3, 0.4) is 0 Å². The van der Waals surface area contributed by atoms with Crippen molar-refractivity contribution in [2.75, 3.05) is 21.3 Å². The number of imide groups is 1. The Kier molecular flexibility index (Phi) is 6.09. The highest BCUT2D eigenvalue weighted by Gasteiger charge is 2.44. The van der Waals surface area contributed by atoms with Gasteiger partial charge in [-0.1, -0.05) is 0 Å². The molecule has 1 unspecified atom stereocenters. The van der Waals surface area contributed by atoms with Crippen LogP contribution in [0.2, 0.25) is 6.04 Å². The molecule has 1 aliphatic heterocycles. The van der Waals surface area contributed by atoms with Gasteiger partial charge in [0.25, 0.3) is 0 Å². The van der Waals surface area contributed by atoms with Gasteiger partial charge in [-0.05, 0) is 33.6 Å². The fourth-order valence-corrected chi connectivity index (χ4v) is 4.50. The second kappa shape index (κ2) is 7.00. The summed E-state index contributed by atoms with van der Waals surface area (Å²) in [5, 5.41) is 0. The van der Waals surface area contributed by atoms with Gasteiger partial charge in [0.15, 0.2) is 0 Å². The molecule has 6 nitrogen and oxygen atoms in total. The molecule has 0 aromatic rings. The zero-order valence-corrected chi connectivity index (χ0v) is 14.9. The molecule has 2 amide bonds. The van der Waals surface area contributed by atoms with E-state index in [9.17, 15) is 9.59 Å². The lowest BCUT2D eigenvalue weighted by atomic mass is 10.0. The van der Waals surface area contributed by atoms with E-state index in [0.717, 1.165) is 6.42 Å². The topological polar surface area (TPSA) is 65.1 Å². The van der Waals surface area contributed by atoms with E-state index in [1.54, 1.807) is 21.3 Å². The lowest BCUT2D eigenvalue weighted by Gasteiger charge is -2.30. The van der Waals surface area contributed by atoms with Gasteiger partial charge in [0.1, 0.15) is 0 Å². The maximum absolute atomic E-state index is 12.3. The lowest BCUT2D eigenvalue weighted by molar-refractivity contribution is -0.144. The minimum atomic E-state index is -2.59. The van der Waals surface area contributed by atoms with Crippen LogP contribution in [0, 0.1) is 5.92 Å². The first-order valence-electron chi connectivity index (χ1n) is 7.23. The third-order valence-corrected chi connectivity index (χ3v) is 6.71. The average molecular weight is 317 g/mol. The van der Waals surface area contributed by atoms with Gasteiger partial charge >= 0.3 is 8.80 Å². The first-order chi connectivity index (χ1) is 9.70. The molecular formula is C14H27NO5Si. The summed E-state index contributed by atoms with van der Waals surface area (Å²) in [6.45, 7) is 5.64. The first kappa shape index (κ1) is 18.3. The number of carbonyl (C=O) groups excluding carboxylic acids is 2. The molecule has 0 spiro atoms. The summed E-state index contributed by atoms with van der Waals surface area (Å²) in [4.78, 5) is 25.8. The van der Waals surface area contributed by atoms with Crippen molar-refractivity contribution < 1.29 is 22.9 Å². The zero-order chi connectivity index (χ0) is 16.3. The lowest BCUT2D eigenvalue weighted by Crippen LogP contribution is -2.45. The van der Waals surface area contributed by atoms with E-state index in [1.165, 1.54) is 4.90 Å². The Bertz CT molecular complexity index is 381. The maximum Gasteiger partial charge on any atom is 0.500 e. The van der Waals surface area contributed by atoms with Crippen molar-refractivity contribution in [1.29, 1.82) is 0 Å². The predicted octanol–water partition coefficient (Wildman–Crippen LogP) is 1.82. The van der Waals surface area contributed by atoms with Crippen LogP contribution in [-0.4, -0.2) is 52.4 Å². The molecule has 0 N–H and O–H groups in total. The second-order valence-corrected chi connectivity index (χ2v) is 9.42. The summed E-state index contributed by atoms with van der Waals surface area (Å²) in [5.74, 6) is -0.368. The Morgan fingerprint density at radius 1 is 1.14 bits per heavy atom. The van der Waals surface area contributed by atoms with Gasteiger partial charge in [-0.15, -0.1) is 0 Å². The normalized spacial score (nSPS) is 20.5. The van der Waals surface area contributed by atoms with Crippen molar-refractivity contribution in [3.8, 4) is 0 Å². The van der Waals surface area contributed by atoms with E-state index in [1.807, 2.05) is 20.8 Å². The molecule has 7 heteroatoms. The molecule has 0 radical (unpaired) electrons. The van der Waals surface area contributed by atoms with Crippen molar-refractivity contribution in [3.63, 3.8) is 0 Å². The molecule has 0 aromatic heterocycles. The number of amides is 2. The smallest absolute Gasteiger partial charge is 0.377 e. The SMILES string of the molecule is CO[Si](CCCC1CC(=O)N(C(C)(C)C)C1=O)(OC)OC. The summed E-state index contributed by atoms with van der Waals surface area (Å²) < 4.78 is 16.1. The molecule has 1 rings (SSSR count). The molecular weight excluding hydrogens is 290 g/mol. The van der Waals surface area contributed by atoms with E-state index in [-0.39, 0.29) is 17.7 Å². The molecule has 1 fully saturated rings. The monoisotopic (exact) mass is 317 g/mol. The van der Waals surface area contributed by atoms with Crippen LogP contribution in [0.15, 0.2) is 0 Å². The number of hydrogen-bond donors (Lipinski definition) is 0. The molecule has 0 saturated carbocycles. The molecule has 1 aliphatic rings. The van der Waals surface area contributed by atoms with E-state index in [2.05, 4.69) is 0 Å². The van der Waals surface area contributed by atoms with Gasteiger partial charge in [-0.3, -0.25) is 14.5 Å². The van der Waals surface area contributed by atoms with E-state index >= 15 is 0 Å². The van der Waals surface area contributed by atoms with Crippen molar-refractivity contribution in [2.45, 2.75) is 51.6 Å². The van der Waals surface area contributed by atoms with Crippen LogP contribution in [0.25, 0.3) is 0 Å².